The van der Waals surface area contributed by atoms with E-state index in [0.717, 1.165) is 0 Å². The Morgan fingerprint density at radius 2 is 1.57 bits per heavy atom. The van der Waals surface area contributed by atoms with Crippen LogP contribution in [0.15, 0.2) is 57.2 Å². The third-order valence-corrected chi connectivity index (χ3v) is 5.75. The standard InChI is InChI=1S/C13H14N2O4S2/c1-9-5-6-12(21(15,18)19)13(7-9)20(16,17)11-4-2-3-10(14)8-11/h2-8H,14H2,1H3,(H2,15,18,19). The minimum Gasteiger partial charge on any atom is -0.399 e. The van der Waals surface area contributed by atoms with Gasteiger partial charge in [0.2, 0.25) is 19.9 Å². The molecule has 0 radical (unpaired) electrons. The Balaban J connectivity index is 2.80. The van der Waals surface area contributed by atoms with E-state index < -0.39 is 24.8 Å². The Bertz CT molecular complexity index is 904. The second-order valence-electron chi connectivity index (χ2n) is 4.57. The van der Waals surface area contributed by atoms with E-state index in [0.29, 0.717) is 5.56 Å². The first-order valence-corrected chi connectivity index (χ1v) is 8.89. The average Bonchev–Trinajstić information content (AvgIpc) is 2.37. The summed E-state index contributed by atoms with van der Waals surface area (Å²) in [5.74, 6) is 0. The molecule has 4 N–H and O–H groups in total. The Morgan fingerprint density at radius 1 is 0.905 bits per heavy atom. The maximum atomic E-state index is 12.6. The molecule has 0 amide bonds. The van der Waals surface area contributed by atoms with E-state index in [1.165, 1.54) is 42.5 Å². The number of aryl methyl sites for hydroxylation is 1. The molecular weight excluding hydrogens is 312 g/mol. The Morgan fingerprint density at radius 3 is 2.14 bits per heavy atom. The summed E-state index contributed by atoms with van der Waals surface area (Å²) in [5.41, 5.74) is 6.45. The topological polar surface area (TPSA) is 120 Å². The SMILES string of the molecule is Cc1ccc(S(N)(=O)=O)c(S(=O)(=O)c2cccc(N)c2)c1. The predicted octanol–water partition coefficient (Wildman–Crippen LogP) is 1.06. The monoisotopic (exact) mass is 326 g/mol. The van der Waals surface area contributed by atoms with Gasteiger partial charge in [-0.1, -0.05) is 12.1 Å². The van der Waals surface area contributed by atoms with Crippen LogP contribution in [0.3, 0.4) is 0 Å². The van der Waals surface area contributed by atoms with Crippen molar-refractivity contribution in [3.05, 3.63) is 48.0 Å². The summed E-state index contributed by atoms with van der Waals surface area (Å²) in [6, 6.07) is 9.58. The van der Waals surface area contributed by atoms with E-state index in [1.54, 1.807) is 6.92 Å². The van der Waals surface area contributed by atoms with E-state index >= 15 is 0 Å². The molecule has 0 atom stereocenters. The van der Waals surface area contributed by atoms with E-state index in [9.17, 15) is 16.8 Å². The number of nitrogen functional groups attached to an aromatic ring is 1. The second-order valence-corrected chi connectivity index (χ2v) is 8.02. The number of primary sulfonamides is 1. The summed E-state index contributed by atoms with van der Waals surface area (Å²) < 4.78 is 48.5. The van der Waals surface area contributed by atoms with Gasteiger partial charge in [0.25, 0.3) is 0 Å². The van der Waals surface area contributed by atoms with Gasteiger partial charge in [0, 0.05) is 5.69 Å². The normalized spacial score (nSPS) is 12.3. The molecule has 0 aromatic heterocycles. The Kier molecular flexibility index (Phi) is 3.79. The summed E-state index contributed by atoms with van der Waals surface area (Å²) in [5, 5.41) is 5.10. The lowest BCUT2D eigenvalue weighted by Gasteiger charge is -2.10. The highest BCUT2D eigenvalue weighted by atomic mass is 32.2. The zero-order chi connectivity index (χ0) is 15.8. The third-order valence-electron chi connectivity index (χ3n) is 2.86. The minimum absolute atomic E-state index is 0.0852. The number of sulfone groups is 1. The summed E-state index contributed by atoms with van der Waals surface area (Å²) in [7, 11) is -8.20. The Hall–Kier alpha value is -1.90. The van der Waals surface area contributed by atoms with Gasteiger partial charge in [0.15, 0.2) is 0 Å². The van der Waals surface area contributed by atoms with E-state index in [-0.39, 0.29) is 15.5 Å². The van der Waals surface area contributed by atoms with Crippen LogP contribution in [0.1, 0.15) is 5.56 Å². The van der Waals surface area contributed by atoms with Crippen LogP contribution in [-0.4, -0.2) is 16.8 Å². The number of anilines is 1. The largest absolute Gasteiger partial charge is 0.399 e. The molecule has 112 valence electrons. The number of hydrogen-bond donors (Lipinski definition) is 2. The molecule has 0 heterocycles. The number of hydrogen-bond acceptors (Lipinski definition) is 5. The van der Waals surface area contributed by atoms with Crippen LogP contribution in [0.4, 0.5) is 5.69 Å². The van der Waals surface area contributed by atoms with Gasteiger partial charge in [-0.2, -0.15) is 0 Å². The predicted molar refractivity (Wildman–Crippen MR) is 78.9 cm³/mol. The highest BCUT2D eigenvalue weighted by Crippen LogP contribution is 2.28. The van der Waals surface area contributed by atoms with Crippen LogP contribution in [0.25, 0.3) is 0 Å². The zero-order valence-corrected chi connectivity index (χ0v) is 12.8. The van der Waals surface area contributed by atoms with Crippen molar-refractivity contribution in [2.45, 2.75) is 21.6 Å². The van der Waals surface area contributed by atoms with Crippen molar-refractivity contribution in [2.75, 3.05) is 5.73 Å². The molecule has 0 aliphatic rings. The third kappa shape index (κ3) is 3.07. The highest BCUT2D eigenvalue weighted by Gasteiger charge is 2.26. The summed E-state index contributed by atoms with van der Waals surface area (Å²) >= 11 is 0. The zero-order valence-electron chi connectivity index (χ0n) is 11.1. The van der Waals surface area contributed by atoms with E-state index in [2.05, 4.69) is 0 Å². The number of sulfonamides is 1. The van der Waals surface area contributed by atoms with Gasteiger partial charge < -0.3 is 5.73 Å². The lowest BCUT2D eigenvalue weighted by molar-refractivity contribution is 0.583. The Labute approximate surface area is 123 Å². The number of nitrogens with two attached hydrogens (primary N) is 2. The van der Waals surface area contributed by atoms with Gasteiger partial charge >= 0.3 is 0 Å². The molecule has 0 fully saturated rings. The van der Waals surface area contributed by atoms with E-state index in [4.69, 9.17) is 10.9 Å². The van der Waals surface area contributed by atoms with Crippen molar-refractivity contribution in [2.24, 2.45) is 5.14 Å². The molecule has 0 spiro atoms. The first kappa shape index (κ1) is 15.5. The van der Waals surface area contributed by atoms with Crippen molar-refractivity contribution < 1.29 is 16.8 Å². The first-order valence-electron chi connectivity index (χ1n) is 5.86. The number of rotatable bonds is 3. The molecule has 0 unspecified atom stereocenters. The lowest BCUT2D eigenvalue weighted by atomic mass is 10.2. The van der Waals surface area contributed by atoms with Crippen LogP contribution >= 0.6 is 0 Å². The molecule has 2 aromatic rings. The molecule has 0 aliphatic carbocycles. The van der Waals surface area contributed by atoms with Gasteiger partial charge in [-0.15, -0.1) is 0 Å². The molecular formula is C13H14N2O4S2. The molecule has 2 aromatic carbocycles. The minimum atomic E-state index is -4.16. The summed E-state index contributed by atoms with van der Waals surface area (Å²) in [4.78, 5) is -0.871. The number of benzene rings is 2. The molecule has 8 heteroatoms. The van der Waals surface area contributed by atoms with Gasteiger partial charge in [-0.25, -0.2) is 22.0 Å². The second kappa shape index (κ2) is 5.14. The quantitative estimate of drug-likeness (QED) is 0.817. The van der Waals surface area contributed by atoms with Crippen LogP contribution in [0.5, 0.6) is 0 Å². The molecule has 2 rings (SSSR count). The maximum Gasteiger partial charge on any atom is 0.239 e. The fourth-order valence-corrected chi connectivity index (χ4v) is 4.62. The molecule has 0 saturated heterocycles. The van der Waals surface area contributed by atoms with Gasteiger partial charge in [-0.3, -0.25) is 0 Å². The molecule has 0 aliphatic heterocycles. The molecule has 0 bridgehead atoms. The van der Waals surface area contributed by atoms with Crippen LogP contribution in [0.2, 0.25) is 0 Å². The van der Waals surface area contributed by atoms with Gasteiger partial charge in [0.05, 0.1) is 9.79 Å². The lowest BCUT2D eigenvalue weighted by Crippen LogP contribution is -2.17. The van der Waals surface area contributed by atoms with Crippen LogP contribution in [-0.2, 0) is 19.9 Å². The fourth-order valence-electron chi connectivity index (χ4n) is 1.87. The summed E-state index contributed by atoms with van der Waals surface area (Å²) in [6.07, 6.45) is 0. The van der Waals surface area contributed by atoms with Crippen molar-refractivity contribution in [3.8, 4) is 0 Å². The maximum absolute atomic E-state index is 12.6. The smallest absolute Gasteiger partial charge is 0.239 e. The highest BCUT2D eigenvalue weighted by molar-refractivity contribution is 7.93. The fraction of sp³-hybridized carbons (Fsp3) is 0.0769. The van der Waals surface area contributed by atoms with Gasteiger partial charge in [-0.05, 0) is 42.8 Å². The summed E-state index contributed by atoms with van der Waals surface area (Å²) in [6.45, 7) is 1.66. The van der Waals surface area contributed by atoms with Crippen LogP contribution in [0, 0.1) is 6.92 Å². The van der Waals surface area contributed by atoms with E-state index in [1.807, 2.05) is 0 Å². The van der Waals surface area contributed by atoms with Crippen molar-refractivity contribution in [3.63, 3.8) is 0 Å². The molecule has 6 nitrogen and oxygen atoms in total. The molecule has 0 saturated carbocycles. The first-order chi connectivity index (χ1) is 9.62. The van der Waals surface area contributed by atoms with Gasteiger partial charge in [0.1, 0.15) is 4.90 Å². The van der Waals surface area contributed by atoms with Crippen molar-refractivity contribution in [1.82, 2.24) is 0 Å². The van der Waals surface area contributed by atoms with Crippen LogP contribution < -0.4 is 10.9 Å². The van der Waals surface area contributed by atoms with Crippen molar-refractivity contribution in [1.29, 1.82) is 0 Å². The average molecular weight is 326 g/mol. The molecule has 21 heavy (non-hydrogen) atoms. The van der Waals surface area contributed by atoms with Crippen molar-refractivity contribution >= 4 is 25.5 Å².